The summed E-state index contributed by atoms with van der Waals surface area (Å²) in [5.41, 5.74) is 6.75. The second-order valence-corrected chi connectivity index (χ2v) is 3.83. The molecule has 0 radical (unpaired) electrons. The Morgan fingerprint density at radius 3 is 3.07 bits per heavy atom. The van der Waals surface area contributed by atoms with E-state index in [1.54, 1.807) is 0 Å². The Balaban J connectivity index is 1.92. The molecule has 1 fully saturated rings. The molecule has 0 bridgehead atoms. The van der Waals surface area contributed by atoms with E-state index < -0.39 is 0 Å². The number of hydrogen-bond acceptors (Lipinski definition) is 4. The molecule has 0 aliphatic carbocycles. The van der Waals surface area contributed by atoms with E-state index in [1.807, 2.05) is 18.3 Å². The predicted octanol–water partition coefficient (Wildman–Crippen LogP) is 0.886. The molecule has 2 N–H and O–H groups in total. The minimum absolute atomic E-state index is 0.581. The van der Waals surface area contributed by atoms with Crippen molar-refractivity contribution < 1.29 is 4.74 Å². The van der Waals surface area contributed by atoms with Crippen LogP contribution in [0.25, 0.3) is 0 Å². The second kappa shape index (κ2) is 5.09. The van der Waals surface area contributed by atoms with Gasteiger partial charge >= 0.3 is 0 Å². The largest absolute Gasteiger partial charge is 0.384 e. The lowest BCUT2D eigenvalue weighted by Crippen LogP contribution is -2.25. The summed E-state index contributed by atoms with van der Waals surface area (Å²) in [6.07, 6.45) is 2.96. The van der Waals surface area contributed by atoms with Crippen molar-refractivity contribution in [1.82, 2.24) is 9.88 Å². The van der Waals surface area contributed by atoms with Crippen molar-refractivity contribution >= 4 is 5.82 Å². The van der Waals surface area contributed by atoms with E-state index >= 15 is 0 Å². The molecule has 2 heterocycles. The fourth-order valence-corrected chi connectivity index (χ4v) is 1.74. The number of aromatic nitrogens is 1. The van der Waals surface area contributed by atoms with Crippen molar-refractivity contribution in [2.75, 3.05) is 32.0 Å². The van der Waals surface area contributed by atoms with Crippen LogP contribution in [0.15, 0.2) is 18.3 Å². The molecule has 0 unspecified atom stereocenters. The number of nitrogen functional groups attached to an aromatic ring is 1. The Labute approximate surface area is 90.0 Å². The van der Waals surface area contributed by atoms with Crippen molar-refractivity contribution in [2.45, 2.75) is 13.0 Å². The first kappa shape index (κ1) is 10.4. The van der Waals surface area contributed by atoms with Crippen molar-refractivity contribution in [1.29, 1.82) is 0 Å². The van der Waals surface area contributed by atoms with Crippen LogP contribution in [0, 0.1) is 0 Å². The third-order valence-electron chi connectivity index (χ3n) is 2.57. The Bertz CT molecular complexity index is 291. The molecule has 1 aliphatic heterocycles. The van der Waals surface area contributed by atoms with E-state index in [9.17, 15) is 0 Å². The molecule has 1 aromatic rings. The molecular formula is C11H17N3O. The molecule has 4 nitrogen and oxygen atoms in total. The zero-order valence-corrected chi connectivity index (χ0v) is 8.85. The maximum absolute atomic E-state index is 5.54. The van der Waals surface area contributed by atoms with Crippen LogP contribution in [-0.2, 0) is 11.3 Å². The summed E-state index contributed by atoms with van der Waals surface area (Å²) in [6.45, 7) is 4.77. The van der Waals surface area contributed by atoms with Gasteiger partial charge in [0.1, 0.15) is 5.82 Å². The van der Waals surface area contributed by atoms with Crippen LogP contribution in [0.1, 0.15) is 12.0 Å². The number of nitrogens with two attached hydrogens (primary N) is 1. The first-order valence-electron chi connectivity index (χ1n) is 5.35. The summed E-state index contributed by atoms with van der Waals surface area (Å²) < 4.78 is 5.40. The number of pyridine rings is 1. The summed E-state index contributed by atoms with van der Waals surface area (Å²) in [5, 5.41) is 0. The molecule has 1 aromatic heterocycles. The molecule has 15 heavy (non-hydrogen) atoms. The smallest absolute Gasteiger partial charge is 0.123 e. The fourth-order valence-electron chi connectivity index (χ4n) is 1.74. The first-order valence-corrected chi connectivity index (χ1v) is 5.35. The molecule has 1 aliphatic rings. The van der Waals surface area contributed by atoms with Gasteiger partial charge in [0.2, 0.25) is 0 Å². The lowest BCUT2D eigenvalue weighted by Gasteiger charge is -2.18. The Hall–Kier alpha value is -1.13. The van der Waals surface area contributed by atoms with Gasteiger partial charge < -0.3 is 10.5 Å². The van der Waals surface area contributed by atoms with Crippen LogP contribution in [0.3, 0.4) is 0 Å². The number of hydrogen-bond donors (Lipinski definition) is 1. The van der Waals surface area contributed by atoms with Crippen LogP contribution < -0.4 is 5.73 Å². The van der Waals surface area contributed by atoms with Gasteiger partial charge in [0.15, 0.2) is 0 Å². The Morgan fingerprint density at radius 1 is 1.33 bits per heavy atom. The zero-order chi connectivity index (χ0) is 10.5. The van der Waals surface area contributed by atoms with E-state index in [4.69, 9.17) is 10.5 Å². The molecule has 0 spiro atoms. The van der Waals surface area contributed by atoms with E-state index in [0.29, 0.717) is 5.82 Å². The molecule has 0 atom stereocenters. The highest BCUT2D eigenvalue weighted by atomic mass is 16.5. The molecule has 0 aromatic carbocycles. The van der Waals surface area contributed by atoms with E-state index in [2.05, 4.69) is 9.88 Å². The third kappa shape index (κ3) is 3.18. The number of anilines is 1. The van der Waals surface area contributed by atoms with Gasteiger partial charge in [0, 0.05) is 32.4 Å². The van der Waals surface area contributed by atoms with E-state index in [1.165, 1.54) is 5.56 Å². The highest BCUT2D eigenvalue weighted by Crippen LogP contribution is 2.07. The molecule has 82 valence electrons. The van der Waals surface area contributed by atoms with Crippen molar-refractivity contribution in [2.24, 2.45) is 0 Å². The summed E-state index contributed by atoms with van der Waals surface area (Å²) in [7, 11) is 0. The second-order valence-electron chi connectivity index (χ2n) is 3.83. The third-order valence-corrected chi connectivity index (χ3v) is 2.57. The first-order chi connectivity index (χ1) is 7.34. The van der Waals surface area contributed by atoms with Gasteiger partial charge in [-0.15, -0.1) is 0 Å². The standard InChI is InChI=1S/C11H17N3O/c12-11-3-2-10(8-13-11)9-14-4-1-6-15-7-5-14/h2-3,8H,1,4-7,9H2,(H2,12,13). The minimum atomic E-state index is 0.581. The molecular weight excluding hydrogens is 190 g/mol. The minimum Gasteiger partial charge on any atom is -0.384 e. The number of ether oxygens (including phenoxy) is 1. The van der Waals surface area contributed by atoms with Crippen LogP contribution in [-0.4, -0.2) is 36.2 Å². The monoisotopic (exact) mass is 207 g/mol. The van der Waals surface area contributed by atoms with Crippen LogP contribution >= 0.6 is 0 Å². The van der Waals surface area contributed by atoms with Gasteiger partial charge in [-0.2, -0.15) is 0 Å². The van der Waals surface area contributed by atoms with Gasteiger partial charge in [-0.25, -0.2) is 4.98 Å². The predicted molar refractivity (Wildman–Crippen MR) is 59.4 cm³/mol. The maximum Gasteiger partial charge on any atom is 0.123 e. The van der Waals surface area contributed by atoms with E-state index in [-0.39, 0.29) is 0 Å². The highest BCUT2D eigenvalue weighted by Gasteiger charge is 2.09. The summed E-state index contributed by atoms with van der Waals surface area (Å²) >= 11 is 0. The summed E-state index contributed by atoms with van der Waals surface area (Å²) in [5.74, 6) is 0.581. The zero-order valence-electron chi connectivity index (χ0n) is 8.85. The van der Waals surface area contributed by atoms with Crippen molar-refractivity contribution in [3.63, 3.8) is 0 Å². The van der Waals surface area contributed by atoms with Gasteiger partial charge in [0.25, 0.3) is 0 Å². The fraction of sp³-hybridized carbons (Fsp3) is 0.545. The van der Waals surface area contributed by atoms with Crippen LogP contribution in [0.5, 0.6) is 0 Å². The Morgan fingerprint density at radius 2 is 2.27 bits per heavy atom. The summed E-state index contributed by atoms with van der Waals surface area (Å²) in [6, 6.07) is 3.89. The normalized spacial score (nSPS) is 18.7. The molecule has 1 saturated heterocycles. The number of nitrogens with zero attached hydrogens (tertiary/aromatic N) is 2. The Kier molecular flexibility index (Phi) is 3.53. The SMILES string of the molecule is Nc1ccc(CN2CCCOCC2)cn1. The topological polar surface area (TPSA) is 51.4 Å². The summed E-state index contributed by atoms with van der Waals surface area (Å²) in [4.78, 5) is 6.48. The average molecular weight is 207 g/mol. The van der Waals surface area contributed by atoms with Gasteiger partial charge in [-0.05, 0) is 18.1 Å². The highest BCUT2D eigenvalue weighted by molar-refractivity contribution is 5.29. The van der Waals surface area contributed by atoms with Crippen molar-refractivity contribution in [3.8, 4) is 0 Å². The van der Waals surface area contributed by atoms with Crippen LogP contribution in [0.2, 0.25) is 0 Å². The number of rotatable bonds is 2. The lowest BCUT2D eigenvalue weighted by molar-refractivity contribution is 0.140. The van der Waals surface area contributed by atoms with E-state index in [0.717, 1.165) is 39.3 Å². The van der Waals surface area contributed by atoms with Gasteiger partial charge in [-0.1, -0.05) is 6.07 Å². The maximum atomic E-state index is 5.54. The average Bonchev–Trinajstić information content (AvgIpc) is 2.50. The van der Waals surface area contributed by atoms with Gasteiger partial charge in [0.05, 0.1) is 6.61 Å². The van der Waals surface area contributed by atoms with Gasteiger partial charge in [-0.3, -0.25) is 4.90 Å². The van der Waals surface area contributed by atoms with Crippen LogP contribution in [0.4, 0.5) is 5.82 Å². The molecule has 2 rings (SSSR count). The van der Waals surface area contributed by atoms with Crippen molar-refractivity contribution in [3.05, 3.63) is 23.9 Å². The molecule has 0 saturated carbocycles. The molecule has 4 heteroatoms. The molecule has 0 amide bonds. The quantitative estimate of drug-likeness (QED) is 0.782. The lowest BCUT2D eigenvalue weighted by atomic mass is 10.2.